The average molecular weight is 349 g/mol. The number of thiazole rings is 1. The topological polar surface area (TPSA) is 63.5 Å². The maximum absolute atomic E-state index is 12.8. The van der Waals surface area contributed by atoms with Crippen LogP contribution in [0.1, 0.15) is 18.5 Å². The third kappa shape index (κ3) is 2.77. The van der Waals surface area contributed by atoms with Gasteiger partial charge < -0.3 is 14.5 Å². The van der Waals surface area contributed by atoms with Gasteiger partial charge in [-0.25, -0.2) is 9.67 Å². The number of carbonyl (C=O) groups is 1. The van der Waals surface area contributed by atoms with Crippen LogP contribution in [0.2, 0.25) is 0 Å². The number of amides is 1. The van der Waals surface area contributed by atoms with E-state index < -0.39 is 0 Å². The van der Waals surface area contributed by atoms with Crippen LogP contribution >= 0.6 is 11.3 Å². The molecule has 0 saturated carbocycles. The van der Waals surface area contributed by atoms with E-state index in [1.807, 2.05) is 23.6 Å². The lowest BCUT2D eigenvalue weighted by Crippen LogP contribution is -2.48. The molecule has 1 amide bonds. The number of rotatable bonds is 2. The lowest BCUT2D eigenvalue weighted by atomic mass is 9.96. The molecule has 4 rings (SSSR count). The summed E-state index contributed by atoms with van der Waals surface area (Å²) in [6, 6.07) is 0. The van der Waals surface area contributed by atoms with Crippen LogP contribution in [0.15, 0.2) is 0 Å². The van der Waals surface area contributed by atoms with Gasteiger partial charge in [-0.1, -0.05) is 11.3 Å². The Balaban J connectivity index is 1.51. The van der Waals surface area contributed by atoms with E-state index in [0.717, 1.165) is 60.2 Å². The fourth-order valence-corrected chi connectivity index (χ4v) is 4.67. The number of aromatic nitrogens is 3. The van der Waals surface area contributed by atoms with E-state index in [1.165, 1.54) is 0 Å². The molecule has 130 valence electrons. The highest BCUT2D eigenvalue weighted by Crippen LogP contribution is 2.33. The van der Waals surface area contributed by atoms with Gasteiger partial charge in [0.1, 0.15) is 0 Å². The molecule has 24 heavy (non-hydrogen) atoms. The molecule has 8 heteroatoms. The Labute approximate surface area is 145 Å². The normalized spacial score (nSPS) is 22.3. The van der Waals surface area contributed by atoms with E-state index in [-0.39, 0.29) is 11.8 Å². The van der Waals surface area contributed by atoms with Gasteiger partial charge in [0.25, 0.3) is 0 Å². The van der Waals surface area contributed by atoms with Gasteiger partial charge in [-0.3, -0.25) is 4.79 Å². The Morgan fingerprint density at radius 1 is 1.29 bits per heavy atom. The van der Waals surface area contributed by atoms with Gasteiger partial charge in [0.15, 0.2) is 10.8 Å². The molecule has 0 aliphatic carbocycles. The van der Waals surface area contributed by atoms with Gasteiger partial charge in [-0.05, 0) is 19.8 Å². The van der Waals surface area contributed by atoms with Crippen molar-refractivity contribution in [3.63, 3.8) is 0 Å². The van der Waals surface area contributed by atoms with Crippen LogP contribution in [0, 0.1) is 12.8 Å². The highest BCUT2D eigenvalue weighted by atomic mass is 32.1. The zero-order chi connectivity index (χ0) is 16.7. The van der Waals surface area contributed by atoms with Crippen LogP contribution in [-0.2, 0) is 16.6 Å². The van der Waals surface area contributed by atoms with Crippen molar-refractivity contribution in [2.24, 2.45) is 13.0 Å². The van der Waals surface area contributed by atoms with Crippen molar-refractivity contribution in [1.82, 2.24) is 19.7 Å². The summed E-state index contributed by atoms with van der Waals surface area (Å²) in [5.74, 6) is 0.352. The van der Waals surface area contributed by atoms with Crippen LogP contribution in [0.4, 0.5) is 5.13 Å². The monoisotopic (exact) mass is 349 g/mol. The second-order valence-electron chi connectivity index (χ2n) is 6.58. The van der Waals surface area contributed by atoms with Crippen molar-refractivity contribution in [1.29, 1.82) is 0 Å². The number of piperidine rings is 1. The third-order valence-electron chi connectivity index (χ3n) is 4.90. The van der Waals surface area contributed by atoms with Gasteiger partial charge in [0, 0.05) is 33.2 Å². The molecule has 0 bridgehead atoms. The number of carbonyl (C=O) groups excluding carboxylic acids is 1. The molecule has 2 aliphatic heterocycles. The summed E-state index contributed by atoms with van der Waals surface area (Å²) in [6.45, 7) is 6.52. The number of aryl methyl sites for hydroxylation is 2. The Hall–Kier alpha value is -1.67. The summed E-state index contributed by atoms with van der Waals surface area (Å²) >= 11 is 1.69. The molecule has 2 fully saturated rings. The summed E-state index contributed by atoms with van der Waals surface area (Å²) in [5, 5.41) is 5.43. The number of anilines is 1. The minimum Gasteiger partial charge on any atom is -0.378 e. The minimum absolute atomic E-state index is 0.0723. The molecular weight excluding hydrogens is 326 g/mol. The third-order valence-corrected chi connectivity index (χ3v) is 6.11. The first-order valence-corrected chi connectivity index (χ1v) is 9.37. The molecule has 0 radical (unpaired) electrons. The molecule has 2 saturated heterocycles. The summed E-state index contributed by atoms with van der Waals surface area (Å²) in [6.07, 6.45) is 2.01. The average Bonchev–Trinajstić information content (AvgIpc) is 3.17. The van der Waals surface area contributed by atoms with Crippen molar-refractivity contribution in [3.05, 3.63) is 5.69 Å². The number of morpholine rings is 1. The highest BCUT2D eigenvalue weighted by molar-refractivity contribution is 7.22. The number of fused-ring (bicyclic) bond motifs is 1. The molecule has 2 aromatic rings. The van der Waals surface area contributed by atoms with Crippen molar-refractivity contribution < 1.29 is 9.53 Å². The number of hydrogen-bond donors (Lipinski definition) is 0. The fraction of sp³-hybridized carbons (Fsp3) is 0.688. The summed E-state index contributed by atoms with van der Waals surface area (Å²) in [4.78, 5) is 21.8. The quantitative estimate of drug-likeness (QED) is 0.820. The lowest BCUT2D eigenvalue weighted by molar-refractivity contribution is -0.139. The molecule has 1 atom stereocenters. The molecule has 0 aromatic carbocycles. The number of nitrogens with zero attached hydrogens (tertiary/aromatic N) is 5. The van der Waals surface area contributed by atoms with Gasteiger partial charge in [-0.2, -0.15) is 5.10 Å². The molecule has 4 heterocycles. The summed E-state index contributed by atoms with van der Waals surface area (Å²) < 4.78 is 8.34. The van der Waals surface area contributed by atoms with Crippen molar-refractivity contribution in [2.45, 2.75) is 19.8 Å². The Kier molecular flexibility index (Phi) is 4.17. The number of ether oxygens (including phenoxy) is 1. The molecule has 0 spiro atoms. The lowest BCUT2D eigenvalue weighted by Gasteiger charge is -2.36. The van der Waals surface area contributed by atoms with Crippen molar-refractivity contribution >= 4 is 32.7 Å². The predicted octanol–water partition coefficient (Wildman–Crippen LogP) is 1.41. The SMILES string of the molecule is Cc1nn(C)c2nc(N3CCC[C@H](C(=O)N4CCOCC4)C3)sc12. The number of hydrogen-bond acceptors (Lipinski definition) is 6. The van der Waals surface area contributed by atoms with E-state index in [9.17, 15) is 4.79 Å². The first-order valence-electron chi connectivity index (χ1n) is 8.55. The van der Waals surface area contributed by atoms with E-state index in [1.54, 1.807) is 11.3 Å². The largest absolute Gasteiger partial charge is 0.378 e. The second kappa shape index (κ2) is 6.33. The fourth-order valence-electron chi connectivity index (χ4n) is 3.60. The van der Waals surface area contributed by atoms with Gasteiger partial charge >= 0.3 is 0 Å². The zero-order valence-corrected chi connectivity index (χ0v) is 15.0. The summed E-state index contributed by atoms with van der Waals surface area (Å²) in [5.41, 5.74) is 1.96. The highest BCUT2D eigenvalue weighted by Gasteiger charge is 2.31. The summed E-state index contributed by atoms with van der Waals surface area (Å²) in [7, 11) is 1.93. The molecule has 7 nitrogen and oxygen atoms in total. The van der Waals surface area contributed by atoms with Crippen LogP contribution < -0.4 is 4.90 Å². The van der Waals surface area contributed by atoms with E-state index in [2.05, 4.69) is 10.00 Å². The Morgan fingerprint density at radius 3 is 2.83 bits per heavy atom. The second-order valence-corrected chi connectivity index (χ2v) is 7.56. The van der Waals surface area contributed by atoms with Gasteiger partial charge in [-0.15, -0.1) is 0 Å². The van der Waals surface area contributed by atoms with Gasteiger partial charge in [0.05, 0.1) is 29.5 Å². The van der Waals surface area contributed by atoms with E-state index in [0.29, 0.717) is 13.2 Å². The van der Waals surface area contributed by atoms with Crippen LogP contribution in [-0.4, -0.2) is 65.0 Å². The Bertz CT molecular complexity index is 715. The van der Waals surface area contributed by atoms with Crippen LogP contribution in [0.5, 0.6) is 0 Å². The minimum atomic E-state index is 0.0723. The van der Waals surface area contributed by atoms with E-state index in [4.69, 9.17) is 9.72 Å². The van der Waals surface area contributed by atoms with Crippen LogP contribution in [0.25, 0.3) is 10.3 Å². The molecule has 0 N–H and O–H groups in total. The molecule has 2 aromatic heterocycles. The van der Waals surface area contributed by atoms with Crippen LogP contribution in [0.3, 0.4) is 0 Å². The maximum atomic E-state index is 12.8. The standard InChI is InChI=1S/C16H23N5O2S/c1-11-13-14(19(2)18-11)17-16(24-13)21-5-3-4-12(10-21)15(22)20-6-8-23-9-7-20/h12H,3-10H2,1-2H3/t12-/m0/s1. The Morgan fingerprint density at radius 2 is 2.08 bits per heavy atom. The first kappa shape index (κ1) is 15.8. The molecule has 2 aliphatic rings. The first-order chi connectivity index (χ1) is 11.6. The molecule has 0 unspecified atom stereocenters. The van der Waals surface area contributed by atoms with Gasteiger partial charge in [0.2, 0.25) is 5.91 Å². The predicted molar refractivity (Wildman–Crippen MR) is 93.5 cm³/mol. The smallest absolute Gasteiger partial charge is 0.227 e. The maximum Gasteiger partial charge on any atom is 0.227 e. The van der Waals surface area contributed by atoms with E-state index >= 15 is 0 Å². The zero-order valence-electron chi connectivity index (χ0n) is 14.2. The van der Waals surface area contributed by atoms with Crippen molar-refractivity contribution in [3.8, 4) is 0 Å². The molecular formula is C16H23N5O2S. The van der Waals surface area contributed by atoms with Crippen molar-refractivity contribution in [2.75, 3.05) is 44.3 Å².